The van der Waals surface area contributed by atoms with E-state index in [1.165, 1.54) is 0 Å². The lowest BCUT2D eigenvalue weighted by Gasteiger charge is -2.14. The number of nitriles is 1. The molecule has 2 atom stereocenters. The van der Waals surface area contributed by atoms with E-state index in [2.05, 4.69) is 5.32 Å². The van der Waals surface area contributed by atoms with Crippen molar-refractivity contribution >= 4 is 5.91 Å². The van der Waals surface area contributed by atoms with Crippen molar-refractivity contribution in [2.45, 2.75) is 45.2 Å². The molecule has 0 rings (SSSR count). The Kier molecular flexibility index (Phi) is 5.90. The van der Waals surface area contributed by atoms with Crippen LogP contribution in [-0.2, 0) is 4.79 Å². The maximum absolute atomic E-state index is 11.2. The standard InChI is InChI=1S/C9H17N3O/c1-3-8(4-5-10)12-9(13)6-7(2)11/h7-8H,3-4,6,11H2,1-2H3,(H,12,13). The number of hydrogen-bond donors (Lipinski definition) is 2. The third kappa shape index (κ3) is 6.12. The summed E-state index contributed by atoms with van der Waals surface area (Å²) in [6.45, 7) is 3.72. The lowest BCUT2D eigenvalue weighted by molar-refractivity contribution is -0.122. The fourth-order valence-corrected chi connectivity index (χ4v) is 0.987. The molecule has 0 spiro atoms. The van der Waals surface area contributed by atoms with Crippen LogP contribution >= 0.6 is 0 Å². The molecule has 0 saturated heterocycles. The second kappa shape index (κ2) is 6.44. The maximum atomic E-state index is 11.2. The van der Waals surface area contributed by atoms with Crippen molar-refractivity contribution in [3.05, 3.63) is 0 Å². The van der Waals surface area contributed by atoms with Crippen LogP contribution in [0.3, 0.4) is 0 Å². The fourth-order valence-electron chi connectivity index (χ4n) is 0.987. The highest BCUT2D eigenvalue weighted by Crippen LogP contribution is 1.97. The molecular formula is C9H17N3O. The maximum Gasteiger partial charge on any atom is 0.221 e. The summed E-state index contributed by atoms with van der Waals surface area (Å²) < 4.78 is 0. The number of nitrogens with one attached hydrogen (secondary N) is 1. The van der Waals surface area contributed by atoms with Crippen molar-refractivity contribution in [2.24, 2.45) is 5.73 Å². The smallest absolute Gasteiger partial charge is 0.221 e. The Hall–Kier alpha value is -1.08. The first kappa shape index (κ1) is 11.9. The molecule has 0 aliphatic heterocycles. The fraction of sp³-hybridized carbons (Fsp3) is 0.778. The molecule has 1 amide bonds. The Bertz CT molecular complexity index is 196. The van der Waals surface area contributed by atoms with Crippen molar-refractivity contribution in [2.75, 3.05) is 0 Å². The summed E-state index contributed by atoms with van der Waals surface area (Å²) in [5.41, 5.74) is 5.46. The molecule has 0 bridgehead atoms. The molecule has 0 heterocycles. The number of carbonyl (C=O) groups excluding carboxylic acids is 1. The number of amides is 1. The molecule has 0 radical (unpaired) electrons. The second-order valence-corrected chi connectivity index (χ2v) is 3.22. The van der Waals surface area contributed by atoms with Gasteiger partial charge in [0.15, 0.2) is 0 Å². The van der Waals surface area contributed by atoms with Gasteiger partial charge in [-0.2, -0.15) is 5.26 Å². The lowest BCUT2D eigenvalue weighted by atomic mass is 10.1. The van der Waals surface area contributed by atoms with Crippen molar-refractivity contribution in [1.29, 1.82) is 5.26 Å². The molecule has 3 N–H and O–H groups in total. The van der Waals surface area contributed by atoms with E-state index in [0.717, 1.165) is 6.42 Å². The summed E-state index contributed by atoms with van der Waals surface area (Å²) in [4.78, 5) is 11.2. The monoisotopic (exact) mass is 183 g/mol. The van der Waals surface area contributed by atoms with Crippen LogP contribution in [0.5, 0.6) is 0 Å². The average molecular weight is 183 g/mol. The second-order valence-electron chi connectivity index (χ2n) is 3.22. The summed E-state index contributed by atoms with van der Waals surface area (Å²) in [7, 11) is 0. The van der Waals surface area contributed by atoms with Crippen LogP contribution in [0.2, 0.25) is 0 Å². The minimum absolute atomic E-state index is 0.0313. The van der Waals surface area contributed by atoms with Crippen LogP contribution in [0.1, 0.15) is 33.1 Å². The number of hydrogen-bond acceptors (Lipinski definition) is 3. The molecule has 4 nitrogen and oxygen atoms in total. The Morgan fingerprint density at radius 3 is 2.69 bits per heavy atom. The van der Waals surface area contributed by atoms with Gasteiger partial charge in [-0.25, -0.2) is 0 Å². The van der Waals surface area contributed by atoms with Gasteiger partial charge in [0, 0.05) is 18.5 Å². The molecule has 2 unspecified atom stereocenters. The minimum atomic E-state index is -0.125. The molecule has 0 aliphatic rings. The van der Waals surface area contributed by atoms with E-state index < -0.39 is 0 Å². The van der Waals surface area contributed by atoms with Crippen LogP contribution < -0.4 is 11.1 Å². The quantitative estimate of drug-likeness (QED) is 0.652. The lowest BCUT2D eigenvalue weighted by Crippen LogP contribution is -2.37. The molecule has 0 aliphatic carbocycles. The zero-order chi connectivity index (χ0) is 10.3. The first-order chi connectivity index (χ1) is 6.10. The number of carbonyl (C=O) groups is 1. The van der Waals surface area contributed by atoms with Crippen molar-refractivity contribution in [3.8, 4) is 6.07 Å². The first-order valence-electron chi connectivity index (χ1n) is 4.52. The van der Waals surface area contributed by atoms with Gasteiger partial charge in [0.2, 0.25) is 5.91 Å². The van der Waals surface area contributed by atoms with E-state index in [4.69, 9.17) is 11.0 Å². The van der Waals surface area contributed by atoms with E-state index in [-0.39, 0.29) is 18.0 Å². The van der Waals surface area contributed by atoms with Crippen LogP contribution in [-0.4, -0.2) is 18.0 Å². The molecule has 74 valence electrons. The number of nitrogens with zero attached hydrogens (tertiary/aromatic N) is 1. The van der Waals surface area contributed by atoms with Gasteiger partial charge in [-0.05, 0) is 13.3 Å². The third-order valence-corrected chi connectivity index (χ3v) is 1.70. The summed E-state index contributed by atoms with van der Waals surface area (Å²) in [5, 5.41) is 11.2. The Labute approximate surface area is 79.1 Å². The van der Waals surface area contributed by atoms with Crippen molar-refractivity contribution in [1.82, 2.24) is 5.32 Å². The van der Waals surface area contributed by atoms with E-state index in [1.54, 1.807) is 6.92 Å². The highest BCUT2D eigenvalue weighted by atomic mass is 16.1. The largest absolute Gasteiger partial charge is 0.352 e. The summed E-state index contributed by atoms with van der Waals surface area (Å²) in [6.07, 6.45) is 1.46. The SMILES string of the molecule is CCC(CC#N)NC(=O)CC(C)N. The highest BCUT2D eigenvalue weighted by molar-refractivity contribution is 5.76. The van der Waals surface area contributed by atoms with Crippen molar-refractivity contribution in [3.63, 3.8) is 0 Å². The van der Waals surface area contributed by atoms with Crippen LogP contribution in [0.4, 0.5) is 0 Å². The third-order valence-electron chi connectivity index (χ3n) is 1.70. The molecule has 0 fully saturated rings. The molecular weight excluding hydrogens is 166 g/mol. The van der Waals surface area contributed by atoms with E-state index in [9.17, 15) is 4.79 Å². The van der Waals surface area contributed by atoms with Gasteiger partial charge < -0.3 is 11.1 Å². The molecule has 0 aromatic carbocycles. The Morgan fingerprint density at radius 1 is 1.69 bits per heavy atom. The molecule has 13 heavy (non-hydrogen) atoms. The molecule has 0 saturated carbocycles. The molecule has 4 heteroatoms. The Balaban J connectivity index is 3.81. The van der Waals surface area contributed by atoms with Gasteiger partial charge in [-0.1, -0.05) is 6.92 Å². The van der Waals surface area contributed by atoms with E-state index in [0.29, 0.717) is 12.8 Å². The van der Waals surface area contributed by atoms with Gasteiger partial charge in [-0.15, -0.1) is 0 Å². The summed E-state index contributed by atoms with van der Waals surface area (Å²) in [5.74, 6) is -0.0721. The van der Waals surface area contributed by atoms with E-state index in [1.807, 2.05) is 13.0 Å². The molecule has 0 aromatic heterocycles. The highest BCUT2D eigenvalue weighted by Gasteiger charge is 2.10. The predicted octanol–water partition coefficient (Wildman–Crippen LogP) is 0.532. The average Bonchev–Trinajstić information content (AvgIpc) is 2.02. The van der Waals surface area contributed by atoms with Gasteiger partial charge in [0.1, 0.15) is 0 Å². The van der Waals surface area contributed by atoms with Crippen molar-refractivity contribution < 1.29 is 4.79 Å². The molecule has 0 aromatic rings. The van der Waals surface area contributed by atoms with E-state index >= 15 is 0 Å². The van der Waals surface area contributed by atoms with Crippen LogP contribution in [0.25, 0.3) is 0 Å². The van der Waals surface area contributed by atoms with Crippen LogP contribution in [0, 0.1) is 11.3 Å². The minimum Gasteiger partial charge on any atom is -0.352 e. The van der Waals surface area contributed by atoms with Gasteiger partial charge in [0.25, 0.3) is 0 Å². The topological polar surface area (TPSA) is 78.9 Å². The van der Waals surface area contributed by atoms with Crippen LogP contribution in [0.15, 0.2) is 0 Å². The van der Waals surface area contributed by atoms with Gasteiger partial charge in [0.05, 0.1) is 12.5 Å². The number of nitrogens with two attached hydrogens (primary N) is 1. The number of rotatable bonds is 5. The summed E-state index contributed by atoms with van der Waals surface area (Å²) >= 11 is 0. The first-order valence-corrected chi connectivity index (χ1v) is 4.52. The zero-order valence-corrected chi connectivity index (χ0v) is 8.21. The van der Waals surface area contributed by atoms with Gasteiger partial charge in [-0.3, -0.25) is 4.79 Å². The normalized spacial score (nSPS) is 14.3. The predicted molar refractivity (Wildman–Crippen MR) is 50.7 cm³/mol. The Morgan fingerprint density at radius 2 is 2.31 bits per heavy atom. The summed E-state index contributed by atoms with van der Waals surface area (Å²) in [6, 6.07) is 1.87. The zero-order valence-electron chi connectivity index (χ0n) is 8.21. The van der Waals surface area contributed by atoms with Gasteiger partial charge >= 0.3 is 0 Å².